The van der Waals surface area contributed by atoms with Crippen LogP contribution in [0.15, 0.2) is 54.6 Å². The van der Waals surface area contributed by atoms with Crippen molar-refractivity contribution >= 4 is 22.8 Å². The molecule has 100 valence electrons. The Kier molecular flexibility index (Phi) is 3.33. The number of nitrogens with zero attached hydrogens (tertiary/aromatic N) is 1. The fraction of sp³-hybridized carbons (Fsp3) is 0.0667. The second kappa shape index (κ2) is 5.44. The highest BCUT2D eigenvalue weighted by atomic mass is 16.5. The minimum Gasteiger partial charge on any atom is -0.444 e. The number of ether oxygens (including phenoxy) is 1. The summed E-state index contributed by atoms with van der Waals surface area (Å²) in [4.78, 5) is 11.7. The maximum Gasteiger partial charge on any atom is 0.413 e. The number of hydrogen-bond donors (Lipinski definition) is 2. The Hall–Kier alpha value is -2.82. The van der Waals surface area contributed by atoms with Crippen LogP contribution >= 0.6 is 0 Å². The molecule has 0 aliphatic heterocycles. The number of nitrogens with one attached hydrogen (secondary N) is 2. The molecule has 3 rings (SSSR count). The third-order valence-corrected chi connectivity index (χ3v) is 2.90. The highest BCUT2D eigenvalue weighted by Crippen LogP contribution is 2.19. The number of aromatic amines is 1. The van der Waals surface area contributed by atoms with Crippen LogP contribution in [0, 0.1) is 0 Å². The van der Waals surface area contributed by atoms with Crippen LogP contribution in [-0.2, 0) is 11.3 Å². The van der Waals surface area contributed by atoms with Gasteiger partial charge in [-0.1, -0.05) is 42.5 Å². The van der Waals surface area contributed by atoms with E-state index < -0.39 is 6.09 Å². The zero-order valence-electron chi connectivity index (χ0n) is 10.7. The number of benzene rings is 2. The molecular formula is C15H13N3O2. The molecule has 5 nitrogen and oxygen atoms in total. The standard InChI is InChI=1S/C15H13N3O2/c19-15(20-10-11-6-2-1-3-7-11)16-14-12-8-4-5-9-13(12)17-18-14/h1-9H,10H2,(H2,16,17,18,19). The summed E-state index contributed by atoms with van der Waals surface area (Å²) in [6.07, 6.45) is -0.522. The lowest BCUT2D eigenvalue weighted by molar-refractivity contribution is 0.155. The Morgan fingerprint density at radius 2 is 1.85 bits per heavy atom. The first-order chi connectivity index (χ1) is 9.83. The number of aromatic nitrogens is 2. The van der Waals surface area contributed by atoms with E-state index in [1.165, 1.54) is 0 Å². The normalized spacial score (nSPS) is 10.4. The van der Waals surface area contributed by atoms with Crippen molar-refractivity contribution in [1.82, 2.24) is 10.2 Å². The molecule has 5 heteroatoms. The molecule has 1 amide bonds. The van der Waals surface area contributed by atoms with Gasteiger partial charge < -0.3 is 4.74 Å². The van der Waals surface area contributed by atoms with Gasteiger partial charge >= 0.3 is 6.09 Å². The first-order valence-corrected chi connectivity index (χ1v) is 6.24. The van der Waals surface area contributed by atoms with E-state index in [4.69, 9.17) is 4.74 Å². The predicted octanol–water partition coefficient (Wildman–Crippen LogP) is 3.31. The molecule has 0 bridgehead atoms. The van der Waals surface area contributed by atoms with E-state index in [9.17, 15) is 4.79 Å². The minimum atomic E-state index is -0.522. The number of carbonyl (C=O) groups excluding carboxylic acids is 1. The van der Waals surface area contributed by atoms with Crippen molar-refractivity contribution in [2.45, 2.75) is 6.61 Å². The molecule has 0 radical (unpaired) electrons. The van der Waals surface area contributed by atoms with Gasteiger partial charge in [0, 0.05) is 5.39 Å². The SMILES string of the molecule is O=C(Nc1n[nH]c2ccccc12)OCc1ccccc1. The summed E-state index contributed by atoms with van der Waals surface area (Å²) in [5.74, 6) is 0.471. The summed E-state index contributed by atoms with van der Waals surface area (Å²) in [5.41, 5.74) is 1.81. The predicted molar refractivity (Wildman–Crippen MR) is 76.3 cm³/mol. The third kappa shape index (κ3) is 2.61. The van der Waals surface area contributed by atoms with Crippen molar-refractivity contribution in [1.29, 1.82) is 0 Å². The second-order valence-corrected chi connectivity index (χ2v) is 4.30. The number of anilines is 1. The molecule has 0 saturated carbocycles. The Morgan fingerprint density at radius 1 is 1.10 bits per heavy atom. The van der Waals surface area contributed by atoms with Crippen molar-refractivity contribution in [3.05, 3.63) is 60.2 Å². The molecule has 1 aromatic heterocycles. The summed E-state index contributed by atoms with van der Waals surface area (Å²) in [6, 6.07) is 17.1. The number of H-pyrrole nitrogens is 1. The number of fused-ring (bicyclic) bond motifs is 1. The fourth-order valence-electron chi connectivity index (χ4n) is 1.91. The number of rotatable bonds is 3. The highest BCUT2D eigenvalue weighted by Gasteiger charge is 2.09. The van der Waals surface area contributed by atoms with Crippen molar-refractivity contribution in [2.24, 2.45) is 0 Å². The topological polar surface area (TPSA) is 67.0 Å². The van der Waals surface area contributed by atoms with Crippen LogP contribution in [0.25, 0.3) is 10.9 Å². The van der Waals surface area contributed by atoms with Gasteiger partial charge in [0.05, 0.1) is 5.52 Å². The summed E-state index contributed by atoms with van der Waals surface area (Å²) < 4.78 is 5.15. The van der Waals surface area contributed by atoms with Crippen molar-refractivity contribution < 1.29 is 9.53 Å². The quantitative estimate of drug-likeness (QED) is 0.765. The molecule has 0 unspecified atom stereocenters. The number of carbonyl (C=O) groups is 1. The average Bonchev–Trinajstić information content (AvgIpc) is 2.90. The molecule has 20 heavy (non-hydrogen) atoms. The van der Waals surface area contributed by atoms with Crippen LogP contribution in [-0.4, -0.2) is 16.3 Å². The lowest BCUT2D eigenvalue weighted by Gasteiger charge is -2.05. The molecule has 2 aromatic carbocycles. The highest BCUT2D eigenvalue weighted by molar-refractivity contribution is 5.96. The molecule has 1 heterocycles. The Bertz CT molecular complexity index is 722. The Labute approximate surface area is 115 Å². The van der Waals surface area contributed by atoms with Crippen molar-refractivity contribution in [2.75, 3.05) is 5.32 Å². The van der Waals surface area contributed by atoms with Gasteiger partial charge in [0.2, 0.25) is 0 Å². The molecule has 0 aliphatic rings. The van der Waals surface area contributed by atoms with Crippen LogP contribution < -0.4 is 5.32 Å². The van der Waals surface area contributed by atoms with Crippen LogP contribution in [0.5, 0.6) is 0 Å². The molecule has 0 aliphatic carbocycles. The molecular weight excluding hydrogens is 254 g/mol. The summed E-state index contributed by atoms with van der Waals surface area (Å²) in [6.45, 7) is 0.231. The largest absolute Gasteiger partial charge is 0.444 e. The number of para-hydroxylation sites is 1. The molecule has 0 atom stereocenters. The van der Waals surface area contributed by atoms with Crippen LogP contribution in [0.2, 0.25) is 0 Å². The van der Waals surface area contributed by atoms with E-state index in [0.717, 1.165) is 16.5 Å². The van der Waals surface area contributed by atoms with E-state index in [1.807, 2.05) is 54.6 Å². The van der Waals surface area contributed by atoms with Gasteiger partial charge in [-0.05, 0) is 17.7 Å². The van der Waals surface area contributed by atoms with Gasteiger partial charge in [0.1, 0.15) is 6.61 Å². The lowest BCUT2D eigenvalue weighted by atomic mass is 10.2. The zero-order valence-corrected chi connectivity index (χ0v) is 10.7. The molecule has 0 saturated heterocycles. The van der Waals surface area contributed by atoms with Gasteiger partial charge in [-0.15, -0.1) is 0 Å². The first-order valence-electron chi connectivity index (χ1n) is 6.24. The summed E-state index contributed by atoms with van der Waals surface area (Å²) in [7, 11) is 0. The van der Waals surface area contributed by atoms with E-state index >= 15 is 0 Å². The van der Waals surface area contributed by atoms with E-state index in [2.05, 4.69) is 15.5 Å². The van der Waals surface area contributed by atoms with Crippen molar-refractivity contribution in [3.63, 3.8) is 0 Å². The summed E-state index contributed by atoms with van der Waals surface area (Å²) in [5, 5.41) is 10.4. The number of hydrogen-bond acceptors (Lipinski definition) is 3. The van der Waals surface area contributed by atoms with Crippen LogP contribution in [0.1, 0.15) is 5.56 Å². The van der Waals surface area contributed by atoms with Crippen LogP contribution in [0.4, 0.5) is 10.6 Å². The first kappa shape index (κ1) is 12.2. The number of amides is 1. The molecule has 0 fully saturated rings. The third-order valence-electron chi connectivity index (χ3n) is 2.90. The van der Waals surface area contributed by atoms with E-state index in [-0.39, 0.29) is 6.61 Å². The molecule has 2 N–H and O–H groups in total. The van der Waals surface area contributed by atoms with Gasteiger partial charge in [-0.3, -0.25) is 10.4 Å². The van der Waals surface area contributed by atoms with Gasteiger partial charge in [-0.2, -0.15) is 5.10 Å². The fourth-order valence-corrected chi connectivity index (χ4v) is 1.91. The minimum absolute atomic E-state index is 0.231. The lowest BCUT2D eigenvalue weighted by Crippen LogP contribution is -2.13. The van der Waals surface area contributed by atoms with Crippen LogP contribution in [0.3, 0.4) is 0 Å². The van der Waals surface area contributed by atoms with Crippen molar-refractivity contribution in [3.8, 4) is 0 Å². The Morgan fingerprint density at radius 3 is 2.70 bits per heavy atom. The van der Waals surface area contributed by atoms with Gasteiger partial charge in [0.25, 0.3) is 0 Å². The maximum atomic E-state index is 11.7. The van der Waals surface area contributed by atoms with Gasteiger partial charge in [0.15, 0.2) is 5.82 Å². The Balaban J connectivity index is 1.64. The summed E-state index contributed by atoms with van der Waals surface area (Å²) >= 11 is 0. The average molecular weight is 267 g/mol. The van der Waals surface area contributed by atoms with E-state index in [1.54, 1.807) is 0 Å². The molecule has 3 aromatic rings. The second-order valence-electron chi connectivity index (χ2n) is 4.30. The van der Waals surface area contributed by atoms with Gasteiger partial charge in [-0.25, -0.2) is 4.79 Å². The smallest absolute Gasteiger partial charge is 0.413 e. The molecule has 0 spiro atoms. The monoisotopic (exact) mass is 267 g/mol. The maximum absolute atomic E-state index is 11.7. The van der Waals surface area contributed by atoms with E-state index in [0.29, 0.717) is 5.82 Å². The zero-order chi connectivity index (χ0) is 13.8.